The van der Waals surface area contributed by atoms with Crippen LogP contribution >= 0.6 is 54.5 Å². The molecule has 5 heteroatoms. The van der Waals surface area contributed by atoms with E-state index < -0.39 is 0 Å². The number of ketones is 1. The lowest BCUT2D eigenvalue weighted by molar-refractivity contribution is 0.104. The Balaban J connectivity index is 2.15. The van der Waals surface area contributed by atoms with Gasteiger partial charge in [0, 0.05) is 30.9 Å². The van der Waals surface area contributed by atoms with Crippen LogP contribution in [0.15, 0.2) is 44.0 Å². The third kappa shape index (κ3) is 1.99. The van der Waals surface area contributed by atoms with E-state index in [4.69, 9.17) is 0 Å². The van der Waals surface area contributed by atoms with Gasteiger partial charge in [0.25, 0.3) is 0 Å². The number of fused-ring (bicyclic) bond motifs is 1. The smallest absolute Gasteiger partial charge is 0.205 e. The number of carbonyl (C=O) groups excluding carboxylic acids is 1. The lowest BCUT2D eigenvalue weighted by Gasteiger charge is -1.98. The molecule has 0 unspecified atom stereocenters. The number of thiophene rings is 2. The van der Waals surface area contributed by atoms with Gasteiger partial charge in [-0.15, -0.1) is 22.7 Å². The molecular weight excluding hydrogens is 396 g/mol. The van der Waals surface area contributed by atoms with E-state index in [0.29, 0.717) is 0 Å². The van der Waals surface area contributed by atoms with Crippen LogP contribution in [0.5, 0.6) is 0 Å². The molecule has 0 saturated heterocycles. The Morgan fingerprint density at radius 3 is 2.56 bits per heavy atom. The summed E-state index contributed by atoms with van der Waals surface area (Å²) >= 11 is 9.92. The average molecular weight is 402 g/mol. The third-order valence-corrected chi connectivity index (χ3v) is 7.11. The van der Waals surface area contributed by atoms with Crippen LogP contribution in [0.25, 0.3) is 10.1 Å². The lowest BCUT2D eigenvalue weighted by Crippen LogP contribution is -1.97. The first-order valence-corrected chi connectivity index (χ1v) is 8.46. The zero-order valence-electron chi connectivity index (χ0n) is 8.94. The molecule has 0 spiro atoms. The normalized spacial score (nSPS) is 11.0. The van der Waals surface area contributed by atoms with Gasteiger partial charge < -0.3 is 0 Å². The standard InChI is InChI=1S/C13H6Br2OS2/c14-9-6-18-13(11(9)15)12(16)8-5-17-10-4-2-1-3-7(8)10/h1-6H. The highest BCUT2D eigenvalue weighted by molar-refractivity contribution is 9.13. The van der Waals surface area contributed by atoms with Crippen molar-refractivity contribution in [3.8, 4) is 0 Å². The summed E-state index contributed by atoms with van der Waals surface area (Å²) in [6.45, 7) is 0. The van der Waals surface area contributed by atoms with Crippen LogP contribution in [0.1, 0.15) is 15.2 Å². The minimum atomic E-state index is 0.0787. The monoisotopic (exact) mass is 400 g/mol. The van der Waals surface area contributed by atoms with E-state index in [1.54, 1.807) is 11.3 Å². The molecule has 0 amide bonds. The van der Waals surface area contributed by atoms with E-state index in [1.165, 1.54) is 11.3 Å². The van der Waals surface area contributed by atoms with Crippen molar-refractivity contribution in [2.75, 3.05) is 0 Å². The Hall–Kier alpha value is -0.490. The van der Waals surface area contributed by atoms with Crippen LogP contribution in [0, 0.1) is 0 Å². The van der Waals surface area contributed by atoms with E-state index in [9.17, 15) is 4.79 Å². The molecule has 0 fully saturated rings. The van der Waals surface area contributed by atoms with Gasteiger partial charge in [-0.1, -0.05) is 18.2 Å². The van der Waals surface area contributed by atoms with Gasteiger partial charge >= 0.3 is 0 Å². The Kier molecular flexibility index (Phi) is 3.40. The molecule has 3 rings (SSSR count). The van der Waals surface area contributed by atoms with Gasteiger partial charge in [0.15, 0.2) is 0 Å². The molecule has 0 N–H and O–H groups in total. The summed E-state index contributed by atoms with van der Waals surface area (Å²) in [5.41, 5.74) is 0.783. The molecule has 0 saturated carbocycles. The Morgan fingerprint density at radius 1 is 1.06 bits per heavy atom. The van der Waals surface area contributed by atoms with Crippen molar-refractivity contribution in [1.82, 2.24) is 0 Å². The highest BCUT2D eigenvalue weighted by Crippen LogP contribution is 2.36. The molecular formula is C13H6Br2OS2. The van der Waals surface area contributed by atoms with Crippen molar-refractivity contribution in [2.45, 2.75) is 0 Å². The molecule has 0 bridgehead atoms. The number of rotatable bonds is 2. The van der Waals surface area contributed by atoms with Gasteiger partial charge in [0.05, 0.1) is 9.35 Å². The van der Waals surface area contributed by atoms with Crippen molar-refractivity contribution in [3.05, 3.63) is 54.4 Å². The quantitative estimate of drug-likeness (QED) is 0.502. The molecule has 1 aromatic carbocycles. The Bertz CT molecular complexity index is 742. The fourth-order valence-corrected chi connectivity index (χ4v) is 4.80. The van der Waals surface area contributed by atoms with Crippen LogP contribution in [-0.2, 0) is 0 Å². The molecule has 0 aliphatic carbocycles. The van der Waals surface area contributed by atoms with Crippen molar-refractivity contribution in [1.29, 1.82) is 0 Å². The summed E-state index contributed by atoms with van der Waals surface area (Å²) in [4.78, 5) is 13.3. The molecule has 1 nitrogen and oxygen atoms in total. The van der Waals surface area contributed by atoms with Crippen molar-refractivity contribution in [2.24, 2.45) is 0 Å². The van der Waals surface area contributed by atoms with Gasteiger partial charge in [0.2, 0.25) is 5.78 Å². The first kappa shape index (κ1) is 12.5. The van der Waals surface area contributed by atoms with Crippen LogP contribution in [-0.4, -0.2) is 5.78 Å². The number of benzene rings is 1. The number of hydrogen-bond acceptors (Lipinski definition) is 3. The second-order valence-corrected chi connectivity index (χ2v) is 7.14. The summed E-state index contributed by atoms with van der Waals surface area (Å²) < 4.78 is 2.91. The van der Waals surface area contributed by atoms with Gasteiger partial charge in [-0.25, -0.2) is 0 Å². The molecule has 2 aromatic heterocycles. The van der Waals surface area contributed by atoms with Crippen LogP contribution < -0.4 is 0 Å². The van der Waals surface area contributed by atoms with Gasteiger partial charge in [0.1, 0.15) is 0 Å². The molecule has 2 heterocycles. The topological polar surface area (TPSA) is 17.1 Å². The minimum absolute atomic E-state index is 0.0787. The molecule has 0 atom stereocenters. The Morgan fingerprint density at radius 2 is 1.83 bits per heavy atom. The van der Waals surface area contributed by atoms with Crippen molar-refractivity contribution >= 4 is 70.4 Å². The van der Waals surface area contributed by atoms with Gasteiger partial charge in [-0.2, -0.15) is 0 Å². The summed E-state index contributed by atoms with van der Waals surface area (Å²) in [5, 5.41) is 4.89. The van der Waals surface area contributed by atoms with E-state index >= 15 is 0 Å². The van der Waals surface area contributed by atoms with Crippen LogP contribution in [0.3, 0.4) is 0 Å². The summed E-state index contributed by atoms with van der Waals surface area (Å²) in [6.07, 6.45) is 0. The second-order valence-electron chi connectivity index (χ2n) is 3.70. The van der Waals surface area contributed by atoms with E-state index in [0.717, 1.165) is 29.5 Å². The summed E-state index contributed by atoms with van der Waals surface area (Å²) in [6, 6.07) is 7.99. The second kappa shape index (κ2) is 4.89. The first-order chi connectivity index (χ1) is 8.68. The molecule has 0 aliphatic rings. The highest BCUT2D eigenvalue weighted by atomic mass is 79.9. The zero-order valence-corrected chi connectivity index (χ0v) is 13.7. The number of hydrogen-bond donors (Lipinski definition) is 0. The molecule has 3 aromatic rings. The summed E-state index contributed by atoms with van der Waals surface area (Å²) in [7, 11) is 0. The fraction of sp³-hybridized carbons (Fsp3) is 0. The highest BCUT2D eigenvalue weighted by Gasteiger charge is 2.19. The van der Waals surface area contributed by atoms with Crippen molar-refractivity contribution in [3.63, 3.8) is 0 Å². The first-order valence-electron chi connectivity index (χ1n) is 5.12. The van der Waals surface area contributed by atoms with E-state index in [1.807, 2.05) is 35.0 Å². The maximum absolute atomic E-state index is 12.5. The SMILES string of the molecule is O=C(c1scc(Br)c1Br)c1csc2ccccc12. The molecule has 90 valence electrons. The Labute approximate surface area is 129 Å². The fourth-order valence-electron chi connectivity index (χ4n) is 1.75. The molecule has 0 aliphatic heterocycles. The zero-order chi connectivity index (χ0) is 12.7. The maximum Gasteiger partial charge on any atom is 0.205 e. The largest absolute Gasteiger partial charge is 0.288 e. The molecule has 0 radical (unpaired) electrons. The van der Waals surface area contributed by atoms with E-state index in [-0.39, 0.29) is 5.78 Å². The predicted octanol–water partition coefficient (Wildman–Crippen LogP) is 5.72. The van der Waals surface area contributed by atoms with E-state index in [2.05, 4.69) is 31.9 Å². The van der Waals surface area contributed by atoms with Gasteiger partial charge in [-0.3, -0.25) is 4.79 Å². The van der Waals surface area contributed by atoms with Crippen molar-refractivity contribution < 1.29 is 4.79 Å². The maximum atomic E-state index is 12.5. The number of carbonyl (C=O) groups is 1. The molecule has 18 heavy (non-hydrogen) atoms. The lowest BCUT2D eigenvalue weighted by atomic mass is 10.1. The predicted molar refractivity (Wildman–Crippen MR) is 85.0 cm³/mol. The third-order valence-electron chi connectivity index (χ3n) is 2.62. The average Bonchev–Trinajstić information content (AvgIpc) is 2.94. The van der Waals surface area contributed by atoms with Crippen LogP contribution in [0.4, 0.5) is 0 Å². The minimum Gasteiger partial charge on any atom is -0.288 e. The number of halogens is 2. The summed E-state index contributed by atoms with van der Waals surface area (Å²) in [5.74, 6) is 0.0787. The van der Waals surface area contributed by atoms with Gasteiger partial charge in [-0.05, 0) is 37.9 Å². The van der Waals surface area contributed by atoms with Crippen LogP contribution in [0.2, 0.25) is 0 Å².